The summed E-state index contributed by atoms with van der Waals surface area (Å²) in [5, 5.41) is 3.13. The van der Waals surface area contributed by atoms with E-state index in [1.54, 1.807) is 5.31 Å². The van der Waals surface area contributed by atoms with Gasteiger partial charge in [-0.25, -0.2) is 0 Å². The standard InChI is InChI=1S/C15H20P/c1-3-16(2,14-10-6-4-7-11-14)15-12-8-5-9-13-15/h4,6-8,10-13H,3,5,9H2,1-2H3/q+1. The molecule has 0 aliphatic heterocycles. The molecule has 0 heterocycles. The molecule has 1 aromatic rings. The number of hydrogen-bond donors (Lipinski definition) is 0. The molecule has 0 nitrogen and oxygen atoms in total. The number of allylic oxidation sites excluding steroid dienone is 4. The van der Waals surface area contributed by atoms with Crippen molar-refractivity contribution in [1.29, 1.82) is 0 Å². The minimum Gasteiger partial charge on any atom is -0.0803 e. The molecule has 1 heteroatoms. The van der Waals surface area contributed by atoms with E-state index in [9.17, 15) is 0 Å². The maximum absolute atomic E-state index is 2.46. The van der Waals surface area contributed by atoms with Crippen LogP contribution in [0.1, 0.15) is 19.8 Å². The maximum atomic E-state index is 2.46. The van der Waals surface area contributed by atoms with Gasteiger partial charge in [0, 0.05) is 0 Å². The molecule has 0 saturated heterocycles. The highest BCUT2D eigenvalue weighted by Crippen LogP contribution is 2.62. The lowest BCUT2D eigenvalue weighted by Crippen LogP contribution is -2.13. The molecule has 0 bridgehead atoms. The topological polar surface area (TPSA) is 0 Å². The predicted octanol–water partition coefficient (Wildman–Crippen LogP) is 4.21. The summed E-state index contributed by atoms with van der Waals surface area (Å²) < 4.78 is 0. The average Bonchev–Trinajstić information content (AvgIpc) is 2.40. The van der Waals surface area contributed by atoms with Gasteiger partial charge in [-0.1, -0.05) is 24.3 Å². The molecule has 2 rings (SSSR count). The molecule has 0 spiro atoms. The van der Waals surface area contributed by atoms with Crippen LogP contribution in [0.15, 0.2) is 53.9 Å². The van der Waals surface area contributed by atoms with Crippen LogP contribution in [0.3, 0.4) is 0 Å². The number of hydrogen-bond acceptors (Lipinski definition) is 0. The van der Waals surface area contributed by atoms with Crippen molar-refractivity contribution in [1.82, 2.24) is 0 Å². The monoisotopic (exact) mass is 231 g/mol. The first-order valence-electron chi connectivity index (χ1n) is 6.06. The van der Waals surface area contributed by atoms with Gasteiger partial charge < -0.3 is 0 Å². The minimum absolute atomic E-state index is 1.10. The van der Waals surface area contributed by atoms with Gasteiger partial charge in [-0.05, 0) is 44.1 Å². The highest BCUT2D eigenvalue weighted by molar-refractivity contribution is 7.86. The molecule has 1 atom stereocenters. The van der Waals surface area contributed by atoms with Crippen molar-refractivity contribution in [3.8, 4) is 0 Å². The van der Waals surface area contributed by atoms with Gasteiger partial charge >= 0.3 is 0 Å². The largest absolute Gasteiger partial charge is 0.0988 e. The Morgan fingerprint density at radius 1 is 1.12 bits per heavy atom. The molecule has 0 N–H and O–H groups in total. The van der Waals surface area contributed by atoms with Gasteiger partial charge in [0.2, 0.25) is 0 Å². The maximum Gasteiger partial charge on any atom is 0.0988 e. The third kappa shape index (κ3) is 2.13. The van der Waals surface area contributed by atoms with E-state index in [4.69, 9.17) is 0 Å². The fourth-order valence-corrected chi connectivity index (χ4v) is 5.06. The second-order valence-electron chi connectivity index (χ2n) is 4.45. The van der Waals surface area contributed by atoms with Crippen LogP contribution >= 0.6 is 7.26 Å². The summed E-state index contributed by atoms with van der Waals surface area (Å²) in [6.07, 6.45) is 10.8. The Morgan fingerprint density at radius 2 is 1.88 bits per heavy atom. The van der Waals surface area contributed by atoms with Gasteiger partial charge in [0.15, 0.2) is 0 Å². The zero-order valence-electron chi connectivity index (χ0n) is 10.2. The Morgan fingerprint density at radius 3 is 2.44 bits per heavy atom. The van der Waals surface area contributed by atoms with Crippen LogP contribution in [-0.2, 0) is 0 Å². The SMILES string of the molecule is CC[P+](C)(C1=CCCC=C1)c1ccccc1. The third-order valence-corrected chi connectivity index (χ3v) is 7.68. The van der Waals surface area contributed by atoms with E-state index in [1.165, 1.54) is 24.3 Å². The lowest BCUT2D eigenvalue weighted by molar-refractivity contribution is 1.03. The van der Waals surface area contributed by atoms with E-state index in [0.717, 1.165) is 0 Å². The molecule has 16 heavy (non-hydrogen) atoms. The van der Waals surface area contributed by atoms with Crippen LogP contribution < -0.4 is 5.30 Å². The molecular formula is C15H20P+. The quantitative estimate of drug-likeness (QED) is 0.683. The lowest BCUT2D eigenvalue weighted by atomic mass is 10.2. The summed E-state index contributed by atoms with van der Waals surface area (Å²) in [5.41, 5.74) is 0. The van der Waals surface area contributed by atoms with Gasteiger partial charge in [-0.15, -0.1) is 0 Å². The molecule has 0 saturated carbocycles. The summed E-state index contributed by atoms with van der Waals surface area (Å²) in [6.45, 7) is 4.79. The van der Waals surface area contributed by atoms with Crippen molar-refractivity contribution >= 4 is 12.6 Å². The molecule has 1 aliphatic carbocycles. The van der Waals surface area contributed by atoms with Gasteiger partial charge in [0.1, 0.15) is 0 Å². The highest BCUT2D eigenvalue weighted by Gasteiger charge is 2.36. The van der Waals surface area contributed by atoms with E-state index in [2.05, 4.69) is 62.1 Å². The van der Waals surface area contributed by atoms with E-state index >= 15 is 0 Å². The first-order valence-corrected chi connectivity index (χ1v) is 8.48. The van der Waals surface area contributed by atoms with Crippen LogP contribution in [0.25, 0.3) is 0 Å². The molecule has 0 radical (unpaired) electrons. The highest BCUT2D eigenvalue weighted by atomic mass is 31.2. The Balaban J connectivity index is 2.40. The van der Waals surface area contributed by atoms with E-state index < -0.39 is 7.26 Å². The minimum atomic E-state index is -1.10. The molecule has 0 fully saturated rings. The smallest absolute Gasteiger partial charge is 0.0803 e. The Kier molecular flexibility index (Phi) is 3.61. The Hall–Kier alpha value is -0.870. The van der Waals surface area contributed by atoms with Crippen LogP contribution in [0, 0.1) is 0 Å². The van der Waals surface area contributed by atoms with Crippen LogP contribution in [0.2, 0.25) is 0 Å². The summed E-state index contributed by atoms with van der Waals surface area (Å²) in [6, 6.07) is 11.0. The van der Waals surface area contributed by atoms with Crippen LogP contribution in [-0.4, -0.2) is 12.8 Å². The predicted molar refractivity (Wildman–Crippen MR) is 75.9 cm³/mol. The zero-order chi connectivity index (χ0) is 11.4. The molecule has 84 valence electrons. The van der Waals surface area contributed by atoms with Crippen molar-refractivity contribution in [2.45, 2.75) is 19.8 Å². The normalized spacial score (nSPS) is 19.0. The van der Waals surface area contributed by atoms with Crippen molar-refractivity contribution < 1.29 is 0 Å². The van der Waals surface area contributed by atoms with E-state index in [1.807, 2.05) is 0 Å². The van der Waals surface area contributed by atoms with Crippen molar-refractivity contribution in [3.05, 3.63) is 53.9 Å². The molecule has 1 aliphatic rings. The van der Waals surface area contributed by atoms with Crippen LogP contribution in [0.5, 0.6) is 0 Å². The summed E-state index contributed by atoms with van der Waals surface area (Å²) in [4.78, 5) is 0. The molecule has 0 amide bonds. The molecule has 0 aromatic heterocycles. The molecular weight excluding hydrogens is 211 g/mol. The molecule has 1 unspecified atom stereocenters. The first kappa shape index (κ1) is 11.6. The fraction of sp³-hybridized carbons (Fsp3) is 0.333. The number of benzene rings is 1. The number of rotatable bonds is 3. The van der Waals surface area contributed by atoms with Crippen molar-refractivity contribution in [3.63, 3.8) is 0 Å². The van der Waals surface area contributed by atoms with Gasteiger partial charge in [-0.2, -0.15) is 0 Å². The van der Waals surface area contributed by atoms with Crippen LogP contribution in [0.4, 0.5) is 0 Å². The van der Waals surface area contributed by atoms with Gasteiger partial charge in [0.25, 0.3) is 0 Å². The summed E-state index contributed by atoms with van der Waals surface area (Å²) in [5.74, 6) is 0. The zero-order valence-corrected chi connectivity index (χ0v) is 11.1. The second kappa shape index (κ2) is 4.97. The van der Waals surface area contributed by atoms with E-state index in [0.29, 0.717) is 0 Å². The first-order chi connectivity index (χ1) is 7.77. The lowest BCUT2D eigenvalue weighted by Gasteiger charge is -2.23. The Bertz CT molecular complexity index is 403. The van der Waals surface area contributed by atoms with E-state index in [-0.39, 0.29) is 0 Å². The van der Waals surface area contributed by atoms with Crippen molar-refractivity contribution in [2.24, 2.45) is 0 Å². The van der Waals surface area contributed by atoms with Gasteiger partial charge in [0.05, 0.1) is 30.7 Å². The fourth-order valence-electron chi connectivity index (χ4n) is 2.24. The third-order valence-electron chi connectivity index (χ3n) is 3.50. The molecule has 1 aromatic carbocycles. The summed E-state index contributed by atoms with van der Waals surface area (Å²) >= 11 is 0. The Labute approximate surface area is 99.4 Å². The average molecular weight is 231 g/mol. The summed E-state index contributed by atoms with van der Waals surface area (Å²) in [7, 11) is -1.10. The van der Waals surface area contributed by atoms with Crippen molar-refractivity contribution in [2.75, 3.05) is 12.8 Å². The van der Waals surface area contributed by atoms with Gasteiger partial charge in [-0.3, -0.25) is 0 Å². The second-order valence-corrected chi connectivity index (χ2v) is 8.50.